The van der Waals surface area contributed by atoms with E-state index < -0.39 is 11.7 Å². The minimum absolute atomic E-state index is 0.113. The van der Waals surface area contributed by atoms with E-state index in [1.165, 1.54) is 7.05 Å². The third kappa shape index (κ3) is 7.31. The van der Waals surface area contributed by atoms with E-state index in [9.17, 15) is 9.59 Å². The van der Waals surface area contributed by atoms with Gasteiger partial charge in [-0.15, -0.1) is 0 Å². The van der Waals surface area contributed by atoms with Crippen LogP contribution < -0.4 is 5.32 Å². The second kappa shape index (κ2) is 11.1. The molecule has 2 N–H and O–H groups in total. The van der Waals surface area contributed by atoms with Gasteiger partial charge in [0.05, 0.1) is 0 Å². The van der Waals surface area contributed by atoms with Crippen LogP contribution in [0.5, 0.6) is 0 Å². The summed E-state index contributed by atoms with van der Waals surface area (Å²) in [5.41, 5.74) is 1.66. The molecule has 0 radical (unpaired) electrons. The molecule has 120 valence electrons. The highest BCUT2D eigenvalue weighted by molar-refractivity contribution is 6.36. The van der Waals surface area contributed by atoms with Gasteiger partial charge in [-0.1, -0.05) is 35.8 Å². The lowest BCUT2D eigenvalue weighted by atomic mass is 10.1. The van der Waals surface area contributed by atoms with Gasteiger partial charge in [-0.05, 0) is 25.0 Å². The summed E-state index contributed by atoms with van der Waals surface area (Å²) in [6.45, 7) is 0.193. The van der Waals surface area contributed by atoms with E-state index in [0.29, 0.717) is 6.42 Å². The van der Waals surface area contributed by atoms with E-state index in [4.69, 9.17) is 5.11 Å². The fourth-order valence-corrected chi connectivity index (χ4v) is 1.77. The Morgan fingerprint density at radius 3 is 2.22 bits per heavy atom. The first-order chi connectivity index (χ1) is 11.2. The van der Waals surface area contributed by atoms with E-state index >= 15 is 0 Å². The lowest BCUT2D eigenvalue weighted by molar-refractivity contribution is -0.137. The number of aliphatic hydroxyl groups is 1. The standard InChI is InChI=1S/C19H21NO3/c1-20-19(23)18(22)14-8-7-13-17-12-6-5-11-16(17)10-4-2-3-9-15-21/h5-6,11-12,21H,2-3,8-9,14-15H2,1H3,(H,20,23). The molecular weight excluding hydrogens is 290 g/mol. The van der Waals surface area contributed by atoms with Crippen LogP contribution in [0, 0.1) is 23.7 Å². The highest BCUT2D eigenvalue weighted by Crippen LogP contribution is 2.06. The number of likely N-dealkylation sites (N-methyl/N-ethyl adjacent to an activating group) is 1. The first-order valence-corrected chi connectivity index (χ1v) is 7.61. The third-order valence-corrected chi connectivity index (χ3v) is 3.04. The minimum atomic E-state index is -0.582. The smallest absolute Gasteiger partial charge is 0.287 e. The zero-order valence-corrected chi connectivity index (χ0v) is 13.3. The van der Waals surface area contributed by atoms with Gasteiger partial charge in [-0.25, -0.2) is 0 Å². The number of Topliss-reactive ketones (excluding diaryl/α,β-unsaturated/α-hetero) is 1. The fourth-order valence-electron chi connectivity index (χ4n) is 1.77. The van der Waals surface area contributed by atoms with Crippen LogP contribution in [0.3, 0.4) is 0 Å². The highest BCUT2D eigenvalue weighted by atomic mass is 16.3. The fraction of sp³-hybridized carbons (Fsp3) is 0.368. The molecule has 0 aliphatic carbocycles. The molecule has 1 aromatic carbocycles. The van der Waals surface area contributed by atoms with E-state index in [1.54, 1.807) is 0 Å². The predicted molar refractivity (Wildman–Crippen MR) is 89.4 cm³/mol. The van der Waals surface area contributed by atoms with Crippen molar-refractivity contribution in [2.45, 2.75) is 32.1 Å². The van der Waals surface area contributed by atoms with Crippen LogP contribution in [0.4, 0.5) is 0 Å². The number of aliphatic hydroxyl groups excluding tert-OH is 1. The number of hydrogen-bond donors (Lipinski definition) is 2. The molecule has 1 aromatic rings. The number of carbonyl (C=O) groups excluding carboxylic acids is 2. The molecule has 0 spiro atoms. The van der Waals surface area contributed by atoms with Gasteiger partial charge < -0.3 is 10.4 Å². The molecule has 0 bridgehead atoms. The Balaban J connectivity index is 2.62. The van der Waals surface area contributed by atoms with Crippen LogP contribution in [0.2, 0.25) is 0 Å². The van der Waals surface area contributed by atoms with Gasteiger partial charge in [0.1, 0.15) is 0 Å². The van der Waals surface area contributed by atoms with E-state index in [1.807, 2.05) is 24.3 Å². The number of nitrogens with one attached hydrogen (secondary N) is 1. The maximum atomic E-state index is 11.4. The molecular formula is C19H21NO3. The van der Waals surface area contributed by atoms with Gasteiger partial charge in [-0.3, -0.25) is 9.59 Å². The number of amides is 1. The van der Waals surface area contributed by atoms with E-state index in [2.05, 4.69) is 29.0 Å². The molecule has 0 fully saturated rings. The van der Waals surface area contributed by atoms with Gasteiger partial charge in [0.2, 0.25) is 5.78 Å². The number of benzene rings is 1. The molecule has 0 atom stereocenters. The van der Waals surface area contributed by atoms with Crippen LogP contribution in [0.15, 0.2) is 24.3 Å². The topological polar surface area (TPSA) is 66.4 Å². The number of ketones is 1. The SMILES string of the molecule is CNC(=O)C(=O)CCC#Cc1ccccc1C#CCCCCO. The Morgan fingerprint density at radius 2 is 1.65 bits per heavy atom. The van der Waals surface area contributed by atoms with Crippen LogP contribution >= 0.6 is 0 Å². The summed E-state index contributed by atoms with van der Waals surface area (Å²) < 4.78 is 0. The van der Waals surface area contributed by atoms with Crippen molar-refractivity contribution < 1.29 is 14.7 Å². The summed E-state index contributed by atoms with van der Waals surface area (Å²) in [7, 11) is 1.43. The molecule has 0 aliphatic rings. The minimum Gasteiger partial charge on any atom is -0.396 e. The van der Waals surface area contributed by atoms with Crippen molar-refractivity contribution in [2.75, 3.05) is 13.7 Å². The van der Waals surface area contributed by atoms with Crippen LogP contribution in [0.1, 0.15) is 43.2 Å². The van der Waals surface area contributed by atoms with Gasteiger partial charge >= 0.3 is 0 Å². The summed E-state index contributed by atoms with van der Waals surface area (Å²) in [6, 6.07) is 7.57. The second-order valence-corrected chi connectivity index (χ2v) is 4.83. The summed E-state index contributed by atoms with van der Waals surface area (Å²) in [6.07, 6.45) is 2.82. The van der Waals surface area contributed by atoms with Crippen molar-refractivity contribution in [3.05, 3.63) is 35.4 Å². The lowest BCUT2D eigenvalue weighted by Crippen LogP contribution is -2.27. The Labute approximate surface area is 137 Å². The van der Waals surface area contributed by atoms with Crippen LogP contribution in [-0.4, -0.2) is 30.5 Å². The largest absolute Gasteiger partial charge is 0.396 e. The molecule has 4 heteroatoms. The molecule has 4 nitrogen and oxygen atoms in total. The molecule has 23 heavy (non-hydrogen) atoms. The summed E-state index contributed by atoms with van der Waals surface area (Å²) in [5, 5.41) is 11.0. The molecule has 0 aliphatic heterocycles. The molecule has 1 amide bonds. The second-order valence-electron chi connectivity index (χ2n) is 4.83. The van der Waals surface area contributed by atoms with Crippen LogP contribution in [-0.2, 0) is 9.59 Å². The first kappa shape index (κ1) is 18.5. The van der Waals surface area contributed by atoms with Gasteiger partial charge in [0, 0.05) is 44.0 Å². The van der Waals surface area contributed by atoms with E-state index in [-0.39, 0.29) is 13.0 Å². The maximum absolute atomic E-state index is 11.4. The Morgan fingerprint density at radius 1 is 1.04 bits per heavy atom. The number of rotatable bonds is 6. The maximum Gasteiger partial charge on any atom is 0.287 e. The number of carbonyl (C=O) groups is 2. The van der Waals surface area contributed by atoms with Gasteiger partial charge in [-0.2, -0.15) is 0 Å². The Hall–Kier alpha value is -2.56. The average Bonchev–Trinajstić information content (AvgIpc) is 2.58. The van der Waals surface area contributed by atoms with Gasteiger partial charge in [0.15, 0.2) is 0 Å². The number of unbranched alkanes of at least 4 members (excludes halogenated alkanes) is 2. The molecule has 0 saturated carbocycles. The molecule has 0 aromatic heterocycles. The number of hydrogen-bond acceptors (Lipinski definition) is 3. The normalized spacial score (nSPS) is 9.13. The predicted octanol–water partition coefficient (Wildman–Crippen LogP) is 1.65. The Bertz CT molecular complexity index is 656. The van der Waals surface area contributed by atoms with Crippen molar-refractivity contribution in [1.29, 1.82) is 0 Å². The Kier molecular flexibility index (Phi) is 8.90. The third-order valence-electron chi connectivity index (χ3n) is 3.04. The lowest BCUT2D eigenvalue weighted by Gasteiger charge is -1.96. The molecule has 1 rings (SSSR count). The van der Waals surface area contributed by atoms with Crippen molar-refractivity contribution >= 4 is 11.7 Å². The first-order valence-electron chi connectivity index (χ1n) is 7.61. The molecule has 0 unspecified atom stereocenters. The van der Waals surface area contributed by atoms with Crippen molar-refractivity contribution in [3.8, 4) is 23.7 Å². The summed E-state index contributed by atoms with van der Waals surface area (Å²) in [4.78, 5) is 22.4. The highest BCUT2D eigenvalue weighted by Gasteiger charge is 2.09. The quantitative estimate of drug-likeness (QED) is 0.477. The molecule has 0 saturated heterocycles. The summed E-state index contributed by atoms with van der Waals surface area (Å²) >= 11 is 0. The zero-order valence-electron chi connectivity index (χ0n) is 13.3. The van der Waals surface area contributed by atoms with E-state index in [0.717, 1.165) is 30.4 Å². The van der Waals surface area contributed by atoms with Crippen molar-refractivity contribution in [3.63, 3.8) is 0 Å². The van der Waals surface area contributed by atoms with Crippen molar-refractivity contribution in [2.24, 2.45) is 0 Å². The summed E-state index contributed by atoms with van der Waals surface area (Å²) in [5.74, 6) is 11.0. The zero-order chi connectivity index (χ0) is 16.9. The molecule has 0 heterocycles. The van der Waals surface area contributed by atoms with Gasteiger partial charge in [0.25, 0.3) is 5.91 Å². The van der Waals surface area contributed by atoms with Crippen molar-refractivity contribution in [1.82, 2.24) is 5.32 Å². The van der Waals surface area contributed by atoms with Crippen LogP contribution in [0.25, 0.3) is 0 Å². The average molecular weight is 311 g/mol. The monoisotopic (exact) mass is 311 g/mol.